The molecule has 0 aliphatic heterocycles. The minimum Gasteiger partial charge on any atom is -0.462 e. The summed E-state index contributed by atoms with van der Waals surface area (Å²) in [5.41, 5.74) is 0. The number of nitrogens with one attached hydrogen (secondary N) is 1. The van der Waals surface area contributed by atoms with E-state index >= 15 is 0 Å². The molecule has 350 valence electrons. The number of hydrogen-bond acceptors (Lipinski definition) is 5. The number of ether oxygens (including phenoxy) is 1. The summed E-state index contributed by atoms with van der Waals surface area (Å²) in [4.78, 5) is 26.1. The van der Waals surface area contributed by atoms with Crippen LogP contribution in [0, 0.1) is 0 Å². The Kier molecular flexibility index (Phi) is 45.4. The maximum Gasteiger partial charge on any atom is 0.306 e. The second-order valence-electron chi connectivity index (χ2n) is 16.4. The second-order valence-corrected chi connectivity index (χ2v) is 16.4. The van der Waals surface area contributed by atoms with E-state index in [-0.39, 0.29) is 24.9 Å². The van der Waals surface area contributed by atoms with Crippen LogP contribution in [0.3, 0.4) is 0 Å². The average molecular weight is 858 g/mol. The highest BCUT2D eigenvalue weighted by Gasteiger charge is 2.24. The number of amides is 1. The molecule has 0 saturated carbocycles. The van der Waals surface area contributed by atoms with Crippen molar-refractivity contribution in [3.63, 3.8) is 0 Å². The molecule has 0 spiro atoms. The van der Waals surface area contributed by atoms with Gasteiger partial charge in [-0.3, -0.25) is 9.59 Å². The molecule has 0 heterocycles. The van der Waals surface area contributed by atoms with E-state index < -0.39 is 18.2 Å². The van der Waals surface area contributed by atoms with Crippen molar-refractivity contribution in [2.24, 2.45) is 0 Å². The molecule has 0 saturated heterocycles. The van der Waals surface area contributed by atoms with E-state index in [2.05, 4.69) is 68.6 Å². The van der Waals surface area contributed by atoms with Gasteiger partial charge < -0.3 is 20.3 Å². The van der Waals surface area contributed by atoms with Crippen molar-refractivity contribution in [1.29, 1.82) is 0 Å². The zero-order valence-electron chi connectivity index (χ0n) is 39.7. The van der Waals surface area contributed by atoms with E-state index in [1.807, 2.05) is 79.0 Å². The molecule has 0 aromatic carbocycles. The predicted molar refractivity (Wildman–Crippen MR) is 268 cm³/mol. The fourth-order valence-electron chi connectivity index (χ4n) is 6.77. The van der Waals surface area contributed by atoms with Crippen molar-refractivity contribution in [3.8, 4) is 0 Å². The number of carbonyl (C=O) groups is 2. The van der Waals surface area contributed by atoms with E-state index in [9.17, 15) is 19.8 Å². The lowest BCUT2D eigenvalue weighted by molar-refractivity contribution is -0.151. The van der Waals surface area contributed by atoms with Crippen LogP contribution in [0.5, 0.6) is 0 Å². The van der Waals surface area contributed by atoms with Crippen LogP contribution in [-0.4, -0.2) is 46.9 Å². The smallest absolute Gasteiger partial charge is 0.306 e. The molecule has 0 fully saturated rings. The molecular weight excluding hydrogens is 767 g/mol. The van der Waals surface area contributed by atoms with Crippen LogP contribution in [-0.2, 0) is 14.3 Å². The number of aliphatic hydroxyl groups is 2. The number of hydrogen-bond donors (Lipinski definition) is 3. The van der Waals surface area contributed by atoms with Gasteiger partial charge in [0, 0.05) is 6.42 Å². The van der Waals surface area contributed by atoms with Gasteiger partial charge in [0.15, 0.2) is 0 Å². The van der Waals surface area contributed by atoms with Crippen LogP contribution >= 0.6 is 0 Å². The largest absolute Gasteiger partial charge is 0.462 e. The quantitative estimate of drug-likeness (QED) is 0.0323. The number of unbranched alkanes of at least 4 members (excludes halogenated alkanes) is 18. The molecule has 6 nitrogen and oxygen atoms in total. The molecule has 0 radical (unpaired) electrons. The highest BCUT2D eigenvalue weighted by atomic mass is 16.5. The minimum atomic E-state index is -0.814. The lowest BCUT2D eigenvalue weighted by Crippen LogP contribution is -2.46. The first kappa shape index (κ1) is 58.3. The number of carbonyl (C=O) groups excluding carboxylic acids is 2. The summed E-state index contributed by atoms with van der Waals surface area (Å²) < 4.78 is 5.89. The fourth-order valence-corrected chi connectivity index (χ4v) is 6.77. The number of aliphatic hydroxyl groups excluding tert-OH is 2. The van der Waals surface area contributed by atoms with E-state index in [1.165, 1.54) is 64.2 Å². The second kappa shape index (κ2) is 48.3. The summed E-state index contributed by atoms with van der Waals surface area (Å²) >= 11 is 0. The van der Waals surface area contributed by atoms with Crippen molar-refractivity contribution in [3.05, 3.63) is 122 Å². The van der Waals surface area contributed by atoms with E-state index in [1.54, 1.807) is 0 Å². The van der Waals surface area contributed by atoms with Gasteiger partial charge in [0.05, 0.1) is 25.2 Å². The van der Waals surface area contributed by atoms with Crippen molar-refractivity contribution < 1.29 is 24.5 Å². The molecule has 3 unspecified atom stereocenters. The number of allylic oxidation sites excluding steroid dienone is 20. The lowest BCUT2D eigenvalue weighted by atomic mass is 10.0. The first-order chi connectivity index (χ1) is 30.5. The molecule has 3 atom stereocenters. The zero-order chi connectivity index (χ0) is 45.2. The van der Waals surface area contributed by atoms with E-state index in [4.69, 9.17) is 4.74 Å². The molecule has 0 aliphatic carbocycles. The molecule has 0 aromatic rings. The Morgan fingerprint density at radius 2 is 0.871 bits per heavy atom. The van der Waals surface area contributed by atoms with Gasteiger partial charge in [-0.25, -0.2) is 0 Å². The molecule has 6 heteroatoms. The Morgan fingerprint density at radius 1 is 0.484 bits per heavy atom. The molecule has 1 amide bonds. The van der Waals surface area contributed by atoms with Crippen molar-refractivity contribution in [2.45, 2.75) is 212 Å². The Labute approximate surface area is 380 Å². The Hall–Kier alpha value is -3.74. The molecule has 3 N–H and O–H groups in total. The summed E-state index contributed by atoms with van der Waals surface area (Å²) in [5.74, 6) is -0.578. The molecule has 0 aliphatic rings. The van der Waals surface area contributed by atoms with Gasteiger partial charge in [0.1, 0.15) is 6.10 Å². The highest BCUT2D eigenvalue weighted by Crippen LogP contribution is 2.16. The Balaban J connectivity index is 4.83. The Morgan fingerprint density at radius 3 is 1.35 bits per heavy atom. The van der Waals surface area contributed by atoms with Crippen LogP contribution in [0.2, 0.25) is 0 Å². The topological polar surface area (TPSA) is 95.9 Å². The van der Waals surface area contributed by atoms with Gasteiger partial charge in [-0.2, -0.15) is 0 Å². The zero-order valence-corrected chi connectivity index (χ0v) is 39.7. The molecule has 0 rings (SSSR count). The SMILES string of the molecule is CC\C=C/C=C/C=C/C=C\C=C\C=C\CCCCCC(=O)OC(CCCCC/C=C/C=C/C=C/C=C/CCCCC)CC(=O)NC(CO)C(O)CCCCCCCCCCCC. The van der Waals surface area contributed by atoms with Gasteiger partial charge in [0.2, 0.25) is 5.91 Å². The summed E-state index contributed by atoms with van der Waals surface area (Å²) in [6, 6.07) is -0.732. The Bertz CT molecular complexity index is 1330. The third-order valence-corrected chi connectivity index (χ3v) is 10.5. The lowest BCUT2D eigenvalue weighted by Gasteiger charge is -2.24. The molecular formula is C56H91NO5. The maximum absolute atomic E-state index is 13.2. The van der Waals surface area contributed by atoms with Crippen molar-refractivity contribution >= 4 is 11.9 Å². The summed E-state index contributed by atoms with van der Waals surface area (Å²) in [7, 11) is 0. The van der Waals surface area contributed by atoms with E-state index in [0.29, 0.717) is 19.3 Å². The number of rotatable bonds is 42. The number of esters is 1. The molecule has 0 aromatic heterocycles. The maximum atomic E-state index is 13.2. The monoisotopic (exact) mass is 858 g/mol. The van der Waals surface area contributed by atoms with Crippen LogP contribution in [0.15, 0.2) is 122 Å². The third-order valence-electron chi connectivity index (χ3n) is 10.5. The van der Waals surface area contributed by atoms with Crippen molar-refractivity contribution in [2.75, 3.05) is 6.61 Å². The summed E-state index contributed by atoms with van der Waals surface area (Å²) in [6.07, 6.45) is 66.7. The van der Waals surface area contributed by atoms with Crippen molar-refractivity contribution in [1.82, 2.24) is 5.32 Å². The molecule has 0 bridgehead atoms. The highest BCUT2D eigenvalue weighted by molar-refractivity contribution is 5.77. The van der Waals surface area contributed by atoms with E-state index in [0.717, 1.165) is 83.5 Å². The normalized spacial score (nSPS) is 14.3. The third kappa shape index (κ3) is 42.9. The molecule has 62 heavy (non-hydrogen) atoms. The predicted octanol–water partition coefficient (Wildman–Crippen LogP) is 14.9. The first-order valence-corrected chi connectivity index (χ1v) is 24.9. The van der Waals surface area contributed by atoms with Crippen LogP contribution in [0.25, 0.3) is 0 Å². The van der Waals surface area contributed by atoms with Gasteiger partial charge in [-0.1, -0.05) is 232 Å². The summed E-state index contributed by atoms with van der Waals surface area (Å²) in [5, 5.41) is 23.7. The minimum absolute atomic E-state index is 0.0246. The van der Waals surface area contributed by atoms with Gasteiger partial charge >= 0.3 is 5.97 Å². The standard InChI is InChI=1S/C56H91NO5/c1-4-7-10-13-16-19-22-24-26-28-30-32-34-37-40-43-46-49-56(61)62-52(47-44-41-38-35-33-31-29-27-25-23-20-17-14-11-8-5-2)50-55(60)57-53(51-58)54(59)48-45-42-39-36-21-18-15-12-9-6-3/h7,10,13,16-17,19-20,22-34,52-54,58-59H,4-6,8-9,11-12,14-15,18,21,35-51H2,1-3H3,(H,57,60)/b10-7-,16-13+,20-17+,22-19+,25-23+,26-24-,29-27+,30-28+,33-31+,34-32+. The summed E-state index contributed by atoms with van der Waals surface area (Å²) in [6.45, 7) is 6.25. The van der Waals surface area contributed by atoms with Gasteiger partial charge in [-0.15, -0.1) is 0 Å². The first-order valence-electron chi connectivity index (χ1n) is 24.9. The fraction of sp³-hybridized carbons (Fsp3) is 0.607. The van der Waals surface area contributed by atoms with Crippen LogP contribution < -0.4 is 5.32 Å². The van der Waals surface area contributed by atoms with Gasteiger partial charge in [0.25, 0.3) is 0 Å². The average Bonchev–Trinajstić information content (AvgIpc) is 3.26. The van der Waals surface area contributed by atoms with Crippen LogP contribution in [0.4, 0.5) is 0 Å². The van der Waals surface area contributed by atoms with Crippen LogP contribution in [0.1, 0.15) is 194 Å². The van der Waals surface area contributed by atoms with Gasteiger partial charge in [-0.05, 0) is 70.6 Å².